The number of thiophene rings is 1. The highest BCUT2D eigenvalue weighted by Gasteiger charge is 2.59. The molecule has 89 heavy (non-hydrogen) atoms. The lowest BCUT2D eigenvalue weighted by atomic mass is 9.32. The van der Waals surface area contributed by atoms with Crippen molar-refractivity contribution < 1.29 is 0 Å². The van der Waals surface area contributed by atoms with Crippen LogP contribution in [0.1, 0.15) is 226 Å². The molecule has 7 aliphatic rings. The van der Waals surface area contributed by atoms with Crippen LogP contribution in [0, 0.1) is 6.92 Å². The van der Waals surface area contributed by atoms with Crippen LogP contribution in [-0.4, -0.2) is 12.3 Å². The van der Waals surface area contributed by atoms with Gasteiger partial charge in [-0.15, -0.1) is 11.3 Å². The standard InChI is InChI=1S/C84H94BN3S/c1-50-39-58-63(82(15,16)49-81(58,13)14)46-68(50)87-70-48-62-60(78(7,8)36-38-80(62,11)12)45-66(70)85-65-44-59-61(79(9,10)37-35-77(59,5)6)47-69(65)86(54-30-31-57-56-23-19-20-24-73(56)89-74(57)43-54)71-41-55(42-72(87)75(71)85)88-67-32-27-52(51-25-28-53(29-26-51)76(2,3)4)40-64(67)83(17)33-21-22-34-84(83,88)18/h19-20,23-32,39-48H,21-22,33-38,49H2,1-18H3. The van der Waals surface area contributed by atoms with Crippen LogP contribution >= 0.6 is 11.3 Å². The zero-order chi connectivity index (χ0) is 62.4. The van der Waals surface area contributed by atoms with Crippen LogP contribution in [0.5, 0.6) is 0 Å². The van der Waals surface area contributed by atoms with E-state index < -0.39 is 0 Å². The molecule has 3 nitrogen and oxygen atoms in total. The number of anilines is 8. The van der Waals surface area contributed by atoms with Gasteiger partial charge in [0.15, 0.2) is 0 Å². The van der Waals surface area contributed by atoms with Crippen molar-refractivity contribution >= 4 is 100 Å². The van der Waals surface area contributed by atoms with Gasteiger partial charge < -0.3 is 14.7 Å². The van der Waals surface area contributed by atoms with E-state index in [4.69, 9.17) is 0 Å². The van der Waals surface area contributed by atoms with Gasteiger partial charge in [0.1, 0.15) is 0 Å². The summed E-state index contributed by atoms with van der Waals surface area (Å²) in [7, 11) is 0. The summed E-state index contributed by atoms with van der Waals surface area (Å²) in [5, 5.41) is 2.68. The lowest BCUT2D eigenvalue weighted by Gasteiger charge is -2.52. The van der Waals surface area contributed by atoms with Crippen molar-refractivity contribution in [3.8, 4) is 11.1 Å². The first-order valence-corrected chi connectivity index (χ1v) is 34.9. The van der Waals surface area contributed by atoms with Crippen molar-refractivity contribution in [2.45, 2.75) is 231 Å². The molecular weight excluding hydrogens is 1090 g/mol. The summed E-state index contributed by atoms with van der Waals surface area (Å²) in [6.45, 7) is 44.9. The van der Waals surface area contributed by atoms with Crippen molar-refractivity contribution in [3.05, 3.63) is 184 Å². The van der Waals surface area contributed by atoms with E-state index in [1.165, 1.54) is 169 Å². The molecule has 0 N–H and O–H groups in total. The van der Waals surface area contributed by atoms with Gasteiger partial charge in [0.2, 0.25) is 0 Å². The molecule has 16 rings (SSSR count). The predicted molar refractivity (Wildman–Crippen MR) is 386 cm³/mol. The molecule has 0 bridgehead atoms. The van der Waals surface area contributed by atoms with Gasteiger partial charge in [-0.05, 0) is 235 Å². The van der Waals surface area contributed by atoms with Crippen LogP contribution in [0.3, 0.4) is 0 Å². The second-order valence-electron chi connectivity index (χ2n) is 34.6. The highest BCUT2D eigenvalue weighted by atomic mass is 32.1. The molecule has 2 unspecified atom stereocenters. The summed E-state index contributed by atoms with van der Waals surface area (Å²) >= 11 is 1.94. The Morgan fingerprint density at radius 3 is 1.54 bits per heavy atom. The van der Waals surface area contributed by atoms with E-state index in [-0.39, 0.29) is 55.6 Å². The number of hydrogen-bond donors (Lipinski definition) is 0. The quantitative estimate of drug-likeness (QED) is 0.163. The van der Waals surface area contributed by atoms with E-state index >= 15 is 0 Å². The average Bonchev–Trinajstić information content (AvgIpc) is 1.66. The zero-order valence-corrected chi connectivity index (χ0v) is 57.7. The summed E-state index contributed by atoms with van der Waals surface area (Å²) in [6, 6.07) is 55.3. The first-order chi connectivity index (χ1) is 41.8. The summed E-state index contributed by atoms with van der Waals surface area (Å²) in [4.78, 5) is 8.53. The molecule has 454 valence electrons. The summed E-state index contributed by atoms with van der Waals surface area (Å²) in [5.41, 5.74) is 30.7. The number of fused-ring (bicyclic) bond motifs is 13. The van der Waals surface area contributed by atoms with Crippen molar-refractivity contribution in [1.82, 2.24) is 0 Å². The van der Waals surface area contributed by atoms with Gasteiger partial charge in [0.25, 0.3) is 6.71 Å². The topological polar surface area (TPSA) is 9.72 Å². The first-order valence-electron chi connectivity index (χ1n) is 34.1. The third kappa shape index (κ3) is 8.07. The maximum Gasteiger partial charge on any atom is 0.252 e. The van der Waals surface area contributed by atoms with Crippen molar-refractivity contribution in [2.75, 3.05) is 14.7 Å². The Morgan fingerprint density at radius 2 is 0.921 bits per heavy atom. The minimum absolute atomic E-state index is 0.00440. The third-order valence-corrected chi connectivity index (χ3v) is 26.1. The van der Waals surface area contributed by atoms with E-state index in [1.807, 2.05) is 11.3 Å². The number of benzene rings is 8. The molecule has 8 aromatic carbocycles. The average molecular weight is 1190 g/mol. The molecule has 5 heteroatoms. The number of hydrogen-bond acceptors (Lipinski definition) is 4. The maximum atomic E-state index is 2.90. The Bertz CT molecular complexity index is 4540. The Morgan fingerprint density at radius 1 is 0.404 bits per heavy atom. The van der Waals surface area contributed by atoms with Crippen molar-refractivity contribution in [2.24, 2.45) is 0 Å². The van der Waals surface area contributed by atoms with E-state index in [0.717, 1.165) is 32.1 Å². The van der Waals surface area contributed by atoms with Crippen molar-refractivity contribution in [1.29, 1.82) is 0 Å². The summed E-state index contributed by atoms with van der Waals surface area (Å²) in [6.07, 6.45) is 10.5. The van der Waals surface area contributed by atoms with Crippen LogP contribution in [-0.2, 0) is 43.3 Å². The molecule has 0 saturated heterocycles. The predicted octanol–water partition coefficient (Wildman–Crippen LogP) is 21.8. The highest BCUT2D eigenvalue weighted by molar-refractivity contribution is 7.25. The van der Waals surface area contributed by atoms with E-state index in [1.54, 1.807) is 0 Å². The molecule has 4 heterocycles. The van der Waals surface area contributed by atoms with Gasteiger partial charge in [-0.3, -0.25) is 0 Å². The fourth-order valence-electron chi connectivity index (χ4n) is 19.5. The summed E-state index contributed by atoms with van der Waals surface area (Å²) < 4.78 is 2.68. The van der Waals surface area contributed by atoms with Gasteiger partial charge in [-0.25, -0.2) is 0 Å². The van der Waals surface area contributed by atoms with Crippen LogP contribution in [0.25, 0.3) is 31.3 Å². The molecule has 1 aromatic heterocycles. The second kappa shape index (κ2) is 18.4. The Kier molecular flexibility index (Phi) is 11.9. The number of aryl methyl sites for hydroxylation is 1. The van der Waals surface area contributed by atoms with Gasteiger partial charge in [0.05, 0.1) is 5.54 Å². The Hall–Kier alpha value is -6.56. The van der Waals surface area contributed by atoms with Gasteiger partial charge in [-0.1, -0.05) is 196 Å². The van der Waals surface area contributed by atoms with Crippen LogP contribution in [0.15, 0.2) is 133 Å². The maximum absolute atomic E-state index is 2.90. The normalized spacial score (nSPS) is 23.3. The molecule has 0 radical (unpaired) electrons. The van der Waals surface area contributed by atoms with Crippen LogP contribution in [0.2, 0.25) is 0 Å². The minimum Gasteiger partial charge on any atom is -0.334 e. The zero-order valence-electron chi connectivity index (χ0n) is 56.9. The monoisotopic (exact) mass is 1190 g/mol. The van der Waals surface area contributed by atoms with E-state index in [2.05, 4.69) is 273 Å². The third-order valence-electron chi connectivity index (χ3n) is 25.0. The lowest BCUT2D eigenvalue weighted by molar-refractivity contribution is 0.195. The van der Waals surface area contributed by atoms with Gasteiger partial charge in [0, 0.05) is 71.1 Å². The molecular formula is C84H94BN3S. The molecule has 9 aromatic rings. The van der Waals surface area contributed by atoms with Gasteiger partial charge >= 0.3 is 0 Å². The van der Waals surface area contributed by atoms with Crippen molar-refractivity contribution in [3.63, 3.8) is 0 Å². The smallest absolute Gasteiger partial charge is 0.252 e. The van der Waals surface area contributed by atoms with E-state index in [9.17, 15) is 0 Å². The largest absolute Gasteiger partial charge is 0.334 e. The van der Waals surface area contributed by atoms with E-state index in [0.29, 0.717) is 0 Å². The minimum atomic E-state index is -0.199. The highest BCUT2D eigenvalue weighted by Crippen LogP contribution is 2.64. The molecule has 0 spiro atoms. The molecule has 0 amide bonds. The van der Waals surface area contributed by atoms with Crippen LogP contribution < -0.4 is 31.1 Å². The summed E-state index contributed by atoms with van der Waals surface area (Å²) in [5.74, 6) is 0. The second-order valence-corrected chi connectivity index (χ2v) is 35.6. The van der Waals surface area contributed by atoms with Crippen LogP contribution in [0.4, 0.5) is 45.5 Å². The first kappa shape index (κ1) is 57.6. The number of nitrogens with zero attached hydrogens (tertiary/aromatic N) is 3. The molecule has 1 saturated carbocycles. The number of rotatable bonds is 4. The Labute approximate surface area is 537 Å². The molecule has 4 aliphatic carbocycles. The van der Waals surface area contributed by atoms with Gasteiger partial charge in [-0.2, -0.15) is 0 Å². The SMILES string of the molecule is Cc1cc2c(cc1N1c3cc4c(cc3B3c5cc6c(cc5N(c5ccc7c(c5)sc5ccccc57)c5cc(N7c8ccc(-c9ccc(C(C)(C)C)cc9)cc8C8(C)CCCCC78C)cc1c53)C(C)(C)CCC6(C)C)C(C)(C)CCC4(C)C)C(C)(C)CC2(C)C. The fraction of sp³-hybridized carbons (Fsp3) is 0.429. The molecule has 2 atom stereocenters. The molecule has 3 aliphatic heterocycles. The lowest BCUT2D eigenvalue weighted by Crippen LogP contribution is -2.62. The molecule has 1 fully saturated rings. The Balaban J connectivity index is 1.05. The fourth-order valence-corrected chi connectivity index (χ4v) is 20.6.